The van der Waals surface area contributed by atoms with Crippen LogP contribution in [0, 0.1) is 5.92 Å². The number of nitrogens with zero attached hydrogens (tertiary/aromatic N) is 1. The van der Waals surface area contributed by atoms with Crippen LogP contribution in [0.3, 0.4) is 0 Å². The predicted molar refractivity (Wildman–Crippen MR) is 129 cm³/mol. The minimum absolute atomic E-state index is 0.0879. The van der Waals surface area contributed by atoms with Gasteiger partial charge in [0, 0.05) is 18.4 Å². The summed E-state index contributed by atoms with van der Waals surface area (Å²) >= 11 is 12.1. The number of carbonyl (C=O) groups is 1. The summed E-state index contributed by atoms with van der Waals surface area (Å²) < 4.78 is 0. The minimum Gasteiger partial charge on any atom is -0.322 e. The third-order valence-electron chi connectivity index (χ3n) is 5.28. The molecule has 0 aliphatic carbocycles. The molecule has 0 bridgehead atoms. The maximum atomic E-state index is 13.1. The molecule has 1 heterocycles. The number of amides is 1. The highest BCUT2D eigenvalue weighted by atomic mass is 35.5. The van der Waals surface area contributed by atoms with Crippen LogP contribution in [0.25, 0.3) is 0 Å². The van der Waals surface area contributed by atoms with Crippen LogP contribution in [0.4, 0.5) is 5.69 Å². The number of nitrogens with one attached hydrogen (secondary N) is 2. The number of nitrogens with two attached hydrogens (primary N) is 1. The molecule has 31 heavy (non-hydrogen) atoms. The summed E-state index contributed by atoms with van der Waals surface area (Å²) in [5, 5.41) is 8.76. The van der Waals surface area contributed by atoms with Crippen molar-refractivity contribution in [2.75, 3.05) is 11.9 Å². The molecule has 0 radical (unpaired) electrons. The number of halogens is 2. The van der Waals surface area contributed by atoms with Crippen LogP contribution in [0.15, 0.2) is 60.3 Å². The standard InChI is InChI=1S/C24H28Cl2N4O/c1-15(2)16(3)21(14-30(27)13-17-4-7-22(25)23(26)10-17)24(31)29-20-6-5-19-12-28-9-8-18(19)11-20/h4-7,10-11,14-15,28H,3,8-9,12-13,27H2,1-2H3,(H,29,31)/b21-14+. The summed E-state index contributed by atoms with van der Waals surface area (Å²) in [6, 6.07) is 11.4. The zero-order chi connectivity index (χ0) is 22.5. The van der Waals surface area contributed by atoms with Crippen LogP contribution in [0.2, 0.25) is 10.0 Å². The topological polar surface area (TPSA) is 70.4 Å². The number of hydrogen-bond acceptors (Lipinski definition) is 4. The highest BCUT2D eigenvalue weighted by molar-refractivity contribution is 6.42. The Hall–Kier alpha value is -2.31. The van der Waals surface area contributed by atoms with Gasteiger partial charge in [-0.15, -0.1) is 0 Å². The molecule has 5 nitrogen and oxygen atoms in total. The number of benzene rings is 2. The molecule has 0 saturated heterocycles. The van der Waals surface area contributed by atoms with Crippen molar-refractivity contribution in [1.82, 2.24) is 10.3 Å². The minimum atomic E-state index is -0.239. The third kappa shape index (κ3) is 6.11. The van der Waals surface area contributed by atoms with Crippen LogP contribution >= 0.6 is 23.2 Å². The van der Waals surface area contributed by atoms with Crippen LogP contribution in [0.1, 0.15) is 30.5 Å². The molecule has 2 aromatic rings. The van der Waals surface area contributed by atoms with Crippen molar-refractivity contribution >= 4 is 34.8 Å². The molecule has 164 valence electrons. The highest BCUT2D eigenvalue weighted by Crippen LogP contribution is 2.25. The lowest BCUT2D eigenvalue weighted by Crippen LogP contribution is -2.28. The van der Waals surface area contributed by atoms with Gasteiger partial charge in [0.15, 0.2) is 0 Å². The molecule has 0 fully saturated rings. The summed E-state index contributed by atoms with van der Waals surface area (Å²) in [7, 11) is 0. The zero-order valence-corrected chi connectivity index (χ0v) is 19.4. The molecule has 2 aromatic carbocycles. The van der Waals surface area contributed by atoms with Gasteiger partial charge in [-0.25, -0.2) is 5.84 Å². The van der Waals surface area contributed by atoms with Gasteiger partial charge in [-0.1, -0.05) is 55.8 Å². The second-order valence-electron chi connectivity index (χ2n) is 8.01. The van der Waals surface area contributed by atoms with Crippen LogP contribution in [-0.4, -0.2) is 17.5 Å². The molecule has 0 unspecified atom stereocenters. The van der Waals surface area contributed by atoms with E-state index in [2.05, 4.69) is 23.3 Å². The Morgan fingerprint density at radius 3 is 2.71 bits per heavy atom. The maximum Gasteiger partial charge on any atom is 0.257 e. The number of hydrazine groups is 1. The summed E-state index contributed by atoms with van der Waals surface area (Å²) in [5.74, 6) is 6.06. The van der Waals surface area contributed by atoms with E-state index in [1.807, 2.05) is 32.0 Å². The third-order valence-corrected chi connectivity index (χ3v) is 6.02. The fourth-order valence-electron chi connectivity index (χ4n) is 3.41. The number of hydrogen-bond donors (Lipinski definition) is 3. The van der Waals surface area contributed by atoms with Gasteiger partial charge in [0.25, 0.3) is 5.91 Å². The molecule has 1 amide bonds. The van der Waals surface area contributed by atoms with Gasteiger partial charge in [-0.3, -0.25) is 4.79 Å². The molecule has 7 heteroatoms. The van der Waals surface area contributed by atoms with E-state index in [0.717, 1.165) is 30.8 Å². The van der Waals surface area contributed by atoms with Gasteiger partial charge in [-0.2, -0.15) is 0 Å². The fraction of sp³-hybridized carbons (Fsp3) is 0.292. The van der Waals surface area contributed by atoms with Crippen molar-refractivity contribution in [2.45, 2.75) is 33.4 Å². The Balaban J connectivity index is 1.79. The Bertz CT molecular complexity index is 1020. The Morgan fingerprint density at radius 1 is 1.23 bits per heavy atom. The lowest BCUT2D eigenvalue weighted by Gasteiger charge is -2.21. The zero-order valence-electron chi connectivity index (χ0n) is 17.8. The molecule has 0 saturated carbocycles. The molecule has 0 aromatic heterocycles. The first kappa shape index (κ1) is 23.4. The van der Waals surface area contributed by atoms with E-state index in [-0.39, 0.29) is 11.8 Å². The second kappa shape index (κ2) is 10.3. The monoisotopic (exact) mass is 458 g/mol. The predicted octanol–water partition coefficient (Wildman–Crippen LogP) is 5.05. The van der Waals surface area contributed by atoms with E-state index >= 15 is 0 Å². The normalized spacial score (nSPS) is 13.7. The number of rotatable bonds is 7. The molecular formula is C24H28Cl2N4O. The van der Waals surface area contributed by atoms with Gasteiger partial charge in [0.1, 0.15) is 0 Å². The molecule has 3 rings (SSSR count). The van der Waals surface area contributed by atoms with Crippen LogP contribution < -0.4 is 16.5 Å². The summed E-state index contributed by atoms with van der Waals surface area (Å²) in [6.07, 6.45) is 2.57. The van der Waals surface area contributed by atoms with Crippen molar-refractivity contribution in [1.29, 1.82) is 0 Å². The average Bonchev–Trinajstić information content (AvgIpc) is 2.74. The Kier molecular flexibility index (Phi) is 7.79. The average molecular weight is 459 g/mol. The molecular weight excluding hydrogens is 431 g/mol. The van der Waals surface area contributed by atoms with Gasteiger partial charge in [-0.05, 0) is 65.4 Å². The lowest BCUT2D eigenvalue weighted by molar-refractivity contribution is -0.112. The molecule has 1 aliphatic rings. The largest absolute Gasteiger partial charge is 0.322 e. The van der Waals surface area contributed by atoms with Crippen molar-refractivity contribution in [3.8, 4) is 0 Å². The molecule has 0 spiro atoms. The van der Waals surface area contributed by atoms with Gasteiger partial charge >= 0.3 is 0 Å². The van der Waals surface area contributed by atoms with E-state index in [4.69, 9.17) is 29.0 Å². The smallest absolute Gasteiger partial charge is 0.257 e. The van der Waals surface area contributed by atoms with Crippen molar-refractivity contribution in [3.63, 3.8) is 0 Å². The van der Waals surface area contributed by atoms with E-state index in [9.17, 15) is 4.79 Å². The van der Waals surface area contributed by atoms with Gasteiger partial charge in [0.2, 0.25) is 0 Å². The van der Waals surface area contributed by atoms with Crippen molar-refractivity contribution < 1.29 is 4.79 Å². The summed E-state index contributed by atoms with van der Waals surface area (Å²) in [6.45, 7) is 10.3. The maximum absolute atomic E-state index is 13.1. The summed E-state index contributed by atoms with van der Waals surface area (Å²) in [5.41, 5.74) is 5.32. The fourth-order valence-corrected chi connectivity index (χ4v) is 3.73. The van der Waals surface area contributed by atoms with E-state index in [1.165, 1.54) is 16.1 Å². The second-order valence-corrected chi connectivity index (χ2v) is 8.82. The van der Waals surface area contributed by atoms with Crippen LogP contribution in [0.5, 0.6) is 0 Å². The quantitative estimate of drug-likeness (QED) is 0.235. The van der Waals surface area contributed by atoms with E-state index in [1.54, 1.807) is 18.3 Å². The summed E-state index contributed by atoms with van der Waals surface area (Å²) in [4.78, 5) is 13.1. The Labute approximate surface area is 193 Å². The first-order chi connectivity index (χ1) is 14.7. The highest BCUT2D eigenvalue weighted by Gasteiger charge is 2.18. The van der Waals surface area contributed by atoms with Crippen molar-refractivity contribution in [2.24, 2.45) is 11.8 Å². The number of fused-ring (bicyclic) bond motifs is 1. The van der Waals surface area contributed by atoms with E-state index in [0.29, 0.717) is 27.7 Å². The van der Waals surface area contributed by atoms with Gasteiger partial charge < -0.3 is 15.6 Å². The lowest BCUT2D eigenvalue weighted by atomic mass is 9.96. The first-order valence-corrected chi connectivity index (χ1v) is 11.0. The number of carbonyl (C=O) groups excluding carboxylic acids is 1. The van der Waals surface area contributed by atoms with Crippen LogP contribution in [-0.2, 0) is 24.3 Å². The van der Waals surface area contributed by atoms with Gasteiger partial charge in [0.05, 0.1) is 22.2 Å². The van der Waals surface area contributed by atoms with Crippen molar-refractivity contribution in [3.05, 3.63) is 87.1 Å². The number of anilines is 1. The first-order valence-electron chi connectivity index (χ1n) is 10.2. The molecule has 4 N–H and O–H groups in total. The molecule has 1 aliphatic heterocycles. The SMILES string of the molecule is C=C(/C(=C\N(N)Cc1ccc(Cl)c(Cl)c1)C(=O)Nc1ccc2c(c1)CCNC2)C(C)C. The molecule has 0 atom stereocenters. The Morgan fingerprint density at radius 2 is 2.00 bits per heavy atom. The van der Waals surface area contributed by atoms with E-state index < -0.39 is 0 Å².